The Kier molecular flexibility index (Phi) is 6.80. The Labute approximate surface area is 155 Å². The van der Waals surface area contributed by atoms with Gasteiger partial charge >= 0.3 is 5.97 Å². The van der Waals surface area contributed by atoms with Crippen molar-refractivity contribution >= 4 is 40.5 Å². The van der Waals surface area contributed by atoms with Crippen LogP contribution in [0, 0.1) is 0 Å². The van der Waals surface area contributed by atoms with E-state index in [-0.39, 0.29) is 24.4 Å². The fraction of sp³-hybridized carbons (Fsp3) is 0.263. The van der Waals surface area contributed by atoms with E-state index in [9.17, 15) is 19.2 Å². The normalized spacial score (nSPS) is 11.5. The lowest BCUT2D eigenvalue weighted by atomic mass is 10.1. The largest absolute Gasteiger partial charge is 0.453 e. The molecule has 0 aliphatic rings. The first-order valence-electron chi connectivity index (χ1n) is 8.05. The van der Waals surface area contributed by atoms with Crippen molar-refractivity contribution in [3.8, 4) is 0 Å². The Bertz CT molecular complexity index is 796. The third kappa shape index (κ3) is 5.63. The minimum absolute atomic E-state index is 0.0419. The second kappa shape index (κ2) is 9.05. The minimum Gasteiger partial charge on any atom is -0.453 e. The molecule has 0 saturated heterocycles. The van der Waals surface area contributed by atoms with E-state index in [0.29, 0.717) is 16.1 Å². The topological polar surface area (TPSA) is 89.5 Å². The van der Waals surface area contributed by atoms with Gasteiger partial charge in [0.2, 0.25) is 0 Å². The minimum atomic E-state index is -0.994. The number of benzene rings is 1. The van der Waals surface area contributed by atoms with Crippen molar-refractivity contribution in [3.05, 3.63) is 52.2 Å². The molecule has 1 atom stereocenters. The van der Waals surface area contributed by atoms with Crippen molar-refractivity contribution < 1.29 is 23.9 Å². The molecule has 0 aliphatic carbocycles. The Morgan fingerprint density at radius 1 is 1.08 bits per heavy atom. The number of carbonyl (C=O) groups excluding carboxylic acids is 4. The molecule has 0 fully saturated rings. The Balaban J connectivity index is 1.79. The van der Waals surface area contributed by atoms with E-state index in [4.69, 9.17) is 4.74 Å². The van der Waals surface area contributed by atoms with Gasteiger partial charge < -0.3 is 10.1 Å². The molecule has 2 aromatic rings. The van der Waals surface area contributed by atoms with Crippen molar-refractivity contribution in [2.45, 2.75) is 32.8 Å². The zero-order valence-corrected chi connectivity index (χ0v) is 15.3. The van der Waals surface area contributed by atoms with Gasteiger partial charge in [-0.3, -0.25) is 19.2 Å². The van der Waals surface area contributed by atoms with Gasteiger partial charge in [-0.15, -0.1) is 11.3 Å². The quantitative estimate of drug-likeness (QED) is 0.565. The van der Waals surface area contributed by atoms with Crippen molar-refractivity contribution in [2.75, 3.05) is 5.32 Å². The number of Topliss-reactive ketones (excluding diaryl/α,β-unsaturated/α-hetero) is 2. The second-order valence-corrected chi connectivity index (χ2v) is 6.60. The van der Waals surface area contributed by atoms with Gasteiger partial charge in [-0.25, -0.2) is 0 Å². The predicted octanol–water partition coefficient (Wildman–Crippen LogP) is 3.48. The zero-order chi connectivity index (χ0) is 19.1. The van der Waals surface area contributed by atoms with Crippen LogP contribution in [0.1, 0.15) is 46.7 Å². The fourth-order valence-corrected chi connectivity index (χ4v) is 2.81. The molecule has 26 heavy (non-hydrogen) atoms. The Morgan fingerprint density at radius 2 is 1.77 bits per heavy atom. The van der Waals surface area contributed by atoms with E-state index in [2.05, 4.69) is 5.32 Å². The number of anilines is 1. The molecule has 6 nitrogen and oxygen atoms in total. The van der Waals surface area contributed by atoms with Crippen LogP contribution in [0.25, 0.3) is 0 Å². The summed E-state index contributed by atoms with van der Waals surface area (Å²) in [7, 11) is 0. The summed E-state index contributed by atoms with van der Waals surface area (Å²) in [6.07, 6.45) is -1.03. The van der Waals surface area contributed by atoms with E-state index in [1.807, 2.05) is 0 Å². The highest BCUT2D eigenvalue weighted by atomic mass is 32.1. The average Bonchev–Trinajstić information content (AvgIpc) is 3.14. The van der Waals surface area contributed by atoms with Gasteiger partial charge in [-0.1, -0.05) is 6.07 Å². The van der Waals surface area contributed by atoms with Gasteiger partial charge in [0, 0.05) is 17.7 Å². The lowest BCUT2D eigenvalue weighted by molar-refractivity contribution is -0.153. The van der Waals surface area contributed by atoms with Gasteiger partial charge in [0.05, 0.1) is 11.3 Å². The lowest BCUT2D eigenvalue weighted by Gasteiger charge is -2.13. The number of hydrogen-bond acceptors (Lipinski definition) is 6. The molecule has 1 heterocycles. The molecule has 0 aliphatic heterocycles. The molecule has 1 amide bonds. The van der Waals surface area contributed by atoms with Crippen LogP contribution in [0.5, 0.6) is 0 Å². The second-order valence-electron chi connectivity index (χ2n) is 5.66. The summed E-state index contributed by atoms with van der Waals surface area (Å²) in [5, 5.41) is 4.40. The van der Waals surface area contributed by atoms with Gasteiger partial charge in [-0.05, 0) is 49.6 Å². The molecule has 0 spiro atoms. The standard InChI is InChI=1S/C19H19NO5S/c1-12(21)14-5-7-15(8-6-14)20-19(24)13(2)25-18(23)10-9-16(22)17-4-3-11-26-17/h3-8,11,13H,9-10H2,1-2H3,(H,20,24)/t13-/m0/s1. The zero-order valence-electron chi connectivity index (χ0n) is 14.5. The van der Waals surface area contributed by atoms with E-state index >= 15 is 0 Å². The molecule has 1 N–H and O–H groups in total. The number of ketones is 2. The van der Waals surface area contributed by atoms with E-state index in [0.717, 1.165) is 0 Å². The number of rotatable bonds is 8. The van der Waals surface area contributed by atoms with Crippen LogP contribution in [0.15, 0.2) is 41.8 Å². The summed E-state index contributed by atoms with van der Waals surface area (Å²) in [6, 6.07) is 9.87. The fourth-order valence-electron chi connectivity index (χ4n) is 2.12. The number of thiophene rings is 1. The first-order valence-corrected chi connectivity index (χ1v) is 8.93. The summed E-state index contributed by atoms with van der Waals surface area (Å²) >= 11 is 1.32. The predicted molar refractivity (Wildman–Crippen MR) is 98.5 cm³/mol. The molecule has 0 radical (unpaired) electrons. The Hall–Kier alpha value is -2.80. The van der Waals surface area contributed by atoms with Crippen LogP contribution in [-0.2, 0) is 14.3 Å². The number of ether oxygens (including phenoxy) is 1. The summed E-state index contributed by atoms with van der Waals surface area (Å²) in [5.74, 6) is -1.29. The van der Waals surface area contributed by atoms with Gasteiger partial charge in [-0.2, -0.15) is 0 Å². The van der Waals surface area contributed by atoms with E-state index in [1.54, 1.807) is 41.8 Å². The average molecular weight is 373 g/mol. The first kappa shape index (κ1) is 19.5. The molecule has 136 valence electrons. The van der Waals surface area contributed by atoms with Crippen molar-refractivity contribution in [1.29, 1.82) is 0 Å². The third-order valence-electron chi connectivity index (χ3n) is 3.59. The molecule has 1 aromatic carbocycles. The number of carbonyl (C=O) groups is 4. The molecular formula is C19H19NO5S. The number of esters is 1. The Morgan fingerprint density at radius 3 is 2.35 bits per heavy atom. The van der Waals surface area contributed by atoms with Crippen LogP contribution in [0.4, 0.5) is 5.69 Å². The van der Waals surface area contributed by atoms with E-state index in [1.165, 1.54) is 25.2 Å². The van der Waals surface area contributed by atoms with Crippen molar-refractivity contribution in [1.82, 2.24) is 0 Å². The summed E-state index contributed by atoms with van der Waals surface area (Å²) in [6.45, 7) is 2.91. The molecule has 0 unspecified atom stereocenters. The van der Waals surface area contributed by atoms with Gasteiger partial charge in [0.25, 0.3) is 5.91 Å². The maximum absolute atomic E-state index is 12.1. The van der Waals surface area contributed by atoms with Crippen LogP contribution in [0.3, 0.4) is 0 Å². The van der Waals surface area contributed by atoms with Crippen LogP contribution in [-0.4, -0.2) is 29.5 Å². The molecule has 0 bridgehead atoms. The first-order chi connectivity index (χ1) is 12.4. The van der Waals surface area contributed by atoms with Crippen molar-refractivity contribution in [3.63, 3.8) is 0 Å². The highest BCUT2D eigenvalue weighted by molar-refractivity contribution is 7.12. The third-order valence-corrected chi connectivity index (χ3v) is 4.50. The summed E-state index contributed by atoms with van der Waals surface area (Å²) in [5.41, 5.74) is 1.04. The maximum Gasteiger partial charge on any atom is 0.307 e. The molecule has 1 aromatic heterocycles. The summed E-state index contributed by atoms with van der Waals surface area (Å²) < 4.78 is 5.06. The molecule has 2 rings (SSSR count). The smallest absolute Gasteiger partial charge is 0.307 e. The highest BCUT2D eigenvalue weighted by Gasteiger charge is 2.19. The SMILES string of the molecule is CC(=O)c1ccc(NC(=O)[C@H](C)OC(=O)CCC(=O)c2cccs2)cc1. The number of amides is 1. The highest BCUT2D eigenvalue weighted by Crippen LogP contribution is 2.14. The van der Waals surface area contributed by atoms with Crippen LogP contribution >= 0.6 is 11.3 Å². The summed E-state index contributed by atoms with van der Waals surface area (Å²) in [4.78, 5) is 47.6. The molecular weight excluding hydrogens is 354 g/mol. The number of hydrogen-bond donors (Lipinski definition) is 1. The lowest BCUT2D eigenvalue weighted by Crippen LogP contribution is -2.30. The van der Waals surface area contributed by atoms with Crippen molar-refractivity contribution in [2.24, 2.45) is 0 Å². The maximum atomic E-state index is 12.1. The molecule has 7 heteroatoms. The van der Waals surface area contributed by atoms with Gasteiger partial charge in [0.15, 0.2) is 17.7 Å². The van der Waals surface area contributed by atoms with Crippen LogP contribution < -0.4 is 5.32 Å². The van der Waals surface area contributed by atoms with E-state index < -0.39 is 18.0 Å². The monoisotopic (exact) mass is 373 g/mol. The molecule has 0 saturated carbocycles. The number of nitrogens with one attached hydrogen (secondary N) is 1. The van der Waals surface area contributed by atoms with Crippen LogP contribution in [0.2, 0.25) is 0 Å². The van der Waals surface area contributed by atoms with Gasteiger partial charge in [0.1, 0.15) is 0 Å².